The van der Waals surface area contributed by atoms with E-state index in [1.807, 2.05) is 37.3 Å². The molecule has 4 rings (SSSR count). The largest absolute Gasteiger partial charge is 0.354 e. The van der Waals surface area contributed by atoms with E-state index < -0.39 is 28.5 Å². The number of halogens is 3. The zero-order valence-electron chi connectivity index (χ0n) is 24.0. The fraction of sp³-hybridized carbons (Fsp3) is 0.212. The third kappa shape index (κ3) is 8.76. The van der Waals surface area contributed by atoms with E-state index in [0.717, 1.165) is 9.87 Å². The van der Waals surface area contributed by atoms with E-state index in [0.29, 0.717) is 23.6 Å². The number of amides is 2. The van der Waals surface area contributed by atoms with Crippen molar-refractivity contribution in [3.05, 3.63) is 129 Å². The predicted molar refractivity (Wildman–Crippen MR) is 177 cm³/mol. The molecule has 0 aliphatic heterocycles. The number of hydrogen-bond donors (Lipinski definition) is 1. The lowest BCUT2D eigenvalue weighted by Crippen LogP contribution is -2.53. The van der Waals surface area contributed by atoms with Crippen molar-refractivity contribution in [3.63, 3.8) is 0 Å². The zero-order valence-corrected chi connectivity index (χ0v) is 27.1. The number of sulfonamides is 1. The highest BCUT2D eigenvalue weighted by Gasteiger charge is 2.34. The molecule has 11 heteroatoms. The first kappa shape index (κ1) is 33.3. The quantitative estimate of drug-likeness (QED) is 0.166. The minimum atomic E-state index is -4.26. The third-order valence-electron chi connectivity index (χ3n) is 6.83. The Labute approximate surface area is 273 Å². The summed E-state index contributed by atoms with van der Waals surface area (Å²) in [4.78, 5) is 29.5. The van der Waals surface area contributed by atoms with Crippen LogP contribution in [0.25, 0.3) is 0 Å². The SMILES string of the molecule is CCCNC(=O)[C@@H](Cc1ccccc1)N(Cc1ccc(Cl)cc1)C(=O)CN(c1cc(Cl)cc(Cl)c1)S(=O)(=O)c1ccccc1. The van der Waals surface area contributed by atoms with Crippen molar-refractivity contribution in [2.24, 2.45) is 0 Å². The fourth-order valence-electron chi connectivity index (χ4n) is 4.64. The Morgan fingerprint density at radius 1 is 0.773 bits per heavy atom. The molecule has 0 saturated carbocycles. The molecular weight excluding hydrogens is 641 g/mol. The lowest BCUT2D eigenvalue weighted by atomic mass is 10.0. The molecule has 0 aliphatic rings. The molecule has 7 nitrogen and oxygen atoms in total. The van der Waals surface area contributed by atoms with Crippen molar-refractivity contribution >= 4 is 62.3 Å². The highest BCUT2D eigenvalue weighted by Crippen LogP contribution is 2.30. The van der Waals surface area contributed by atoms with E-state index in [-0.39, 0.29) is 39.5 Å². The lowest BCUT2D eigenvalue weighted by Gasteiger charge is -2.34. The number of hydrogen-bond acceptors (Lipinski definition) is 4. The van der Waals surface area contributed by atoms with Crippen molar-refractivity contribution in [2.45, 2.75) is 37.2 Å². The van der Waals surface area contributed by atoms with Gasteiger partial charge in [0, 0.05) is 34.6 Å². The third-order valence-corrected chi connectivity index (χ3v) is 9.31. The second kappa shape index (κ2) is 15.4. The zero-order chi connectivity index (χ0) is 31.7. The topological polar surface area (TPSA) is 86.8 Å². The maximum atomic E-state index is 14.4. The van der Waals surface area contributed by atoms with Gasteiger partial charge in [0.2, 0.25) is 11.8 Å². The molecule has 0 radical (unpaired) electrons. The van der Waals surface area contributed by atoms with E-state index >= 15 is 0 Å². The second-order valence-electron chi connectivity index (χ2n) is 10.1. The lowest BCUT2D eigenvalue weighted by molar-refractivity contribution is -0.140. The average molecular weight is 673 g/mol. The normalized spacial score (nSPS) is 11.9. The predicted octanol–water partition coefficient (Wildman–Crippen LogP) is 7.01. The van der Waals surface area contributed by atoms with Crippen molar-refractivity contribution < 1.29 is 18.0 Å². The maximum Gasteiger partial charge on any atom is 0.264 e. The van der Waals surface area contributed by atoms with Crippen LogP contribution >= 0.6 is 34.8 Å². The Morgan fingerprint density at radius 3 is 1.95 bits per heavy atom. The van der Waals surface area contributed by atoms with Gasteiger partial charge in [-0.25, -0.2) is 8.42 Å². The van der Waals surface area contributed by atoms with Gasteiger partial charge in [0.05, 0.1) is 10.6 Å². The molecule has 0 aromatic heterocycles. The van der Waals surface area contributed by atoms with Crippen molar-refractivity contribution in [1.29, 1.82) is 0 Å². The molecule has 2 amide bonds. The minimum Gasteiger partial charge on any atom is -0.354 e. The molecule has 0 bridgehead atoms. The van der Waals surface area contributed by atoms with Gasteiger partial charge in [-0.1, -0.05) is 102 Å². The molecule has 1 atom stereocenters. The van der Waals surface area contributed by atoms with Crippen LogP contribution in [-0.2, 0) is 32.6 Å². The first-order valence-electron chi connectivity index (χ1n) is 14.0. The number of benzene rings is 4. The molecule has 0 unspecified atom stereocenters. The van der Waals surface area contributed by atoms with Gasteiger partial charge in [-0.2, -0.15) is 0 Å². The Kier molecular flexibility index (Phi) is 11.7. The molecule has 0 fully saturated rings. The molecule has 4 aromatic carbocycles. The Balaban J connectivity index is 1.81. The van der Waals surface area contributed by atoms with Crippen LogP contribution in [-0.4, -0.2) is 44.3 Å². The highest BCUT2D eigenvalue weighted by molar-refractivity contribution is 7.92. The Bertz CT molecular complexity index is 1650. The molecule has 0 spiro atoms. The van der Waals surface area contributed by atoms with Gasteiger partial charge in [0.15, 0.2) is 0 Å². The van der Waals surface area contributed by atoms with Crippen LogP contribution in [0, 0.1) is 0 Å². The molecule has 230 valence electrons. The van der Waals surface area contributed by atoms with Crippen molar-refractivity contribution in [2.75, 3.05) is 17.4 Å². The van der Waals surface area contributed by atoms with Gasteiger partial charge in [0.25, 0.3) is 10.0 Å². The Morgan fingerprint density at radius 2 is 1.36 bits per heavy atom. The van der Waals surface area contributed by atoms with Gasteiger partial charge < -0.3 is 10.2 Å². The fourth-order valence-corrected chi connectivity index (χ4v) is 6.70. The number of carbonyl (C=O) groups is 2. The van der Waals surface area contributed by atoms with Crippen LogP contribution < -0.4 is 9.62 Å². The van der Waals surface area contributed by atoms with Crippen LogP contribution in [0.15, 0.2) is 108 Å². The van der Waals surface area contributed by atoms with E-state index in [4.69, 9.17) is 34.8 Å². The summed E-state index contributed by atoms with van der Waals surface area (Å²) < 4.78 is 29.0. The minimum absolute atomic E-state index is 0.0188. The standard InChI is InChI=1S/C33H32Cl3N3O4S/c1-2-17-37-33(41)31(18-24-9-5-3-6-10-24)38(22-25-13-15-26(34)16-14-25)32(40)23-39(29-20-27(35)19-28(36)21-29)44(42,43)30-11-7-4-8-12-30/h3-16,19-21,31H,2,17-18,22-23H2,1H3,(H,37,41)/t31-/m1/s1. The van der Waals surface area contributed by atoms with Crippen LogP contribution in [0.5, 0.6) is 0 Å². The van der Waals surface area contributed by atoms with E-state index in [9.17, 15) is 18.0 Å². The second-order valence-corrected chi connectivity index (χ2v) is 13.3. The summed E-state index contributed by atoms with van der Waals surface area (Å²) in [5, 5.41) is 3.84. The molecule has 44 heavy (non-hydrogen) atoms. The molecule has 1 N–H and O–H groups in total. The molecular formula is C33H32Cl3N3O4S. The molecule has 0 heterocycles. The number of nitrogens with zero attached hydrogens (tertiary/aromatic N) is 2. The molecule has 0 saturated heterocycles. The summed E-state index contributed by atoms with van der Waals surface area (Å²) in [5.74, 6) is -0.940. The van der Waals surface area contributed by atoms with E-state index in [1.54, 1.807) is 42.5 Å². The van der Waals surface area contributed by atoms with Crippen LogP contribution in [0.3, 0.4) is 0 Å². The Hall–Kier alpha value is -3.56. The van der Waals surface area contributed by atoms with Crippen LogP contribution in [0.4, 0.5) is 5.69 Å². The number of anilines is 1. The molecule has 0 aliphatic carbocycles. The van der Waals surface area contributed by atoms with Gasteiger partial charge in [-0.3, -0.25) is 13.9 Å². The van der Waals surface area contributed by atoms with Gasteiger partial charge in [-0.15, -0.1) is 0 Å². The first-order chi connectivity index (χ1) is 21.1. The van der Waals surface area contributed by atoms with Gasteiger partial charge >= 0.3 is 0 Å². The summed E-state index contributed by atoms with van der Waals surface area (Å²) in [5.41, 5.74) is 1.67. The summed E-state index contributed by atoms with van der Waals surface area (Å²) in [6.45, 7) is 1.77. The van der Waals surface area contributed by atoms with Crippen molar-refractivity contribution in [3.8, 4) is 0 Å². The van der Waals surface area contributed by atoms with E-state index in [2.05, 4.69) is 5.32 Å². The van der Waals surface area contributed by atoms with E-state index in [1.165, 1.54) is 35.2 Å². The summed E-state index contributed by atoms with van der Waals surface area (Å²) in [7, 11) is -4.26. The maximum absolute atomic E-state index is 14.4. The summed E-state index contributed by atoms with van der Waals surface area (Å²) in [6.07, 6.45) is 0.914. The molecule has 4 aromatic rings. The van der Waals surface area contributed by atoms with Crippen molar-refractivity contribution in [1.82, 2.24) is 10.2 Å². The number of nitrogens with one attached hydrogen (secondary N) is 1. The van der Waals surface area contributed by atoms with Crippen LogP contribution in [0.2, 0.25) is 15.1 Å². The smallest absolute Gasteiger partial charge is 0.264 e. The monoisotopic (exact) mass is 671 g/mol. The highest BCUT2D eigenvalue weighted by atomic mass is 35.5. The summed E-state index contributed by atoms with van der Waals surface area (Å²) in [6, 6.07) is 27.4. The average Bonchev–Trinajstić information content (AvgIpc) is 3.01. The first-order valence-corrected chi connectivity index (χ1v) is 16.6. The van der Waals surface area contributed by atoms with Crippen LogP contribution in [0.1, 0.15) is 24.5 Å². The number of carbonyl (C=O) groups excluding carboxylic acids is 2. The van der Waals surface area contributed by atoms with Gasteiger partial charge in [-0.05, 0) is 60.0 Å². The number of rotatable bonds is 13. The summed E-state index contributed by atoms with van der Waals surface area (Å²) >= 11 is 18.7. The van der Waals surface area contributed by atoms with Gasteiger partial charge in [0.1, 0.15) is 12.6 Å².